The molecule has 0 spiro atoms. The minimum absolute atomic E-state index is 0.0971. The second-order valence-corrected chi connectivity index (χ2v) is 6.74. The fourth-order valence-corrected chi connectivity index (χ4v) is 3.62. The summed E-state index contributed by atoms with van der Waals surface area (Å²) in [7, 11) is 0. The standard InChI is InChI=1S/C21H24N4O/c1-2-18-20(25-11-7-6-10-19(25)22-18)21(26)24-14-12-23(13-15-24)16-17-8-4-3-5-9-17/h3-11H,2,12-16H2,1H3. The molecule has 0 atom stereocenters. The molecule has 0 bridgehead atoms. The first-order valence-corrected chi connectivity index (χ1v) is 9.28. The molecule has 1 fully saturated rings. The molecular weight excluding hydrogens is 324 g/mol. The van der Waals surface area contributed by atoms with E-state index in [2.05, 4.69) is 41.1 Å². The highest BCUT2D eigenvalue weighted by atomic mass is 16.2. The summed E-state index contributed by atoms with van der Waals surface area (Å²) in [6.07, 6.45) is 2.69. The van der Waals surface area contributed by atoms with Crippen LogP contribution >= 0.6 is 0 Å². The molecule has 0 saturated carbocycles. The normalized spacial score (nSPS) is 15.5. The second kappa shape index (κ2) is 7.30. The van der Waals surface area contributed by atoms with E-state index in [1.54, 1.807) is 0 Å². The minimum Gasteiger partial charge on any atom is -0.335 e. The van der Waals surface area contributed by atoms with Crippen molar-refractivity contribution in [2.75, 3.05) is 26.2 Å². The van der Waals surface area contributed by atoms with Crippen molar-refractivity contribution in [3.05, 3.63) is 71.7 Å². The van der Waals surface area contributed by atoms with E-state index in [0.29, 0.717) is 0 Å². The van der Waals surface area contributed by atoms with Crippen LogP contribution in [0.4, 0.5) is 0 Å². The lowest BCUT2D eigenvalue weighted by Gasteiger charge is -2.34. The molecule has 26 heavy (non-hydrogen) atoms. The van der Waals surface area contributed by atoms with Crippen molar-refractivity contribution < 1.29 is 4.79 Å². The maximum Gasteiger partial charge on any atom is 0.272 e. The Morgan fingerprint density at radius 1 is 1.00 bits per heavy atom. The number of rotatable bonds is 4. The topological polar surface area (TPSA) is 40.9 Å². The van der Waals surface area contributed by atoms with Gasteiger partial charge in [0.05, 0.1) is 5.69 Å². The smallest absolute Gasteiger partial charge is 0.272 e. The highest BCUT2D eigenvalue weighted by molar-refractivity contribution is 5.94. The average molecular weight is 348 g/mol. The third kappa shape index (κ3) is 3.22. The third-order valence-electron chi connectivity index (χ3n) is 5.05. The summed E-state index contributed by atoms with van der Waals surface area (Å²) in [6.45, 7) is 6.32. The zero-order valence-electron chi connectivity index (χ0n) is 15.1. The Balaban J connectivity index is 1.47. The molecule has 2 aromatic heterocycles. The van der Waals surface area contributed by atoms with E-state index in [0.717, 1.165) is 56.2 Å². The number of aryl methyl sites for hydroxylation is 1. The highest BCUT2D eigenvalue weighted by Gasteiger charge is 2.26. The number of pyridine rings is 1. The van der Waals surface area contributed by atoms with Crippen LogP contribution in [0.15, 0.2) is 54.7 Å². The Kier molecular flexibility index (Phi) is 4.71. The third-order valence-corrected chi connectivity index (χ3v) is 5.05. The minimum atomic E-state index is 0.0971. The van der Waals surface area contributed by atoms with Crippen LogP contribution in [0, 0.1) is 0 Å². The largest absolute Gasteiger partial charge is 0.335 e. The van der Waals surface area contributed by atoms with Gasteiger partial charge in [0.25, 0.3) is 5.91 Å². The van der Waals surface area contributed by atoms with Crippen molar-refractivity contribution in [3.8, 4) is 0 Å². The van der Waals surface area contributed by atoms with Crippen LogP contribution in [0.2, 0.25) is 0 Å². The van der Waals surface area contributed by atoms with Gasteiger partial charge in [-0.1, -0.05) is 43.3 Å². The number of fused-ring (bicyclic) bond motifs is 1. The summed E-state index contributed by atoms with van der Waals surface area (Å²) in [5.74, 6) is 0.0971. The van der Waals surface area contributed by atoms with Gasteiger partial charge >= 0.3 is 0 Å². The van der Waals surface area contributed by atoms with Gasteiger partial charge in [0.15, 0.2) is 0 Å². The van der Waals surface area contributed by atoms with Gasteiger partial charge in [-0.05, 0) is 24.1 Å². The predicted octanol–water partition coefficient (Wildman–Crippen LogP) is 2.85. The van der Waals surface area contributed by atoms with E-state index >= 15 is 0 Å². The first-order valence-electron chi connectivity index (χ1n) is 9.28. The van der Waals surface area contributed by atoms with Crippen LogP contribution in [0.3, 0.4) is 0 Å². The molecule has 3 heterocycles. The van der Waals surface area contributed by atoms with Crippen molar-refractivity contribution in [2.24, 2.45) is 0 Å². The van der Waals surface area contributed by atoms with E-state index in [9.17, 15) is 4.79 Å². The zero-order chi connectivity index (χ0) is 17.9. The number of nitrogens with zero attached hydrogens (tertiary/aromatic N) is 4. The van der Waals surface area contributed by atoms with Gasteiger partial charge in [-0.25, -0.2) is 4.98 Å². The molecule has 4 rings (SSSR count). The summed E-state index contributed by atoms with van der Waals surface area (Å²) >= 11 is 0. The molecule has 1 aliphatic heterocycles. The summed E-state index contributed by atoms with van der Waals surface area (Å²) in [4.78, 5) is 22.2. The fraction of sp³-hybridized carbons (Fsp3) is 0.333. The van der Waals surface area contributed by atoms with E-state index in [1.165, 1.54) is 5.56 Å². The Morgan fingerprint density at radius 2 is 1.73 bits per heavy atom. The summed E-state index contributed by atoms with van der Waals surface area (Å²) in [5, 5.41) is 0. The lowest BCUT2D eigenvalue weighted by molar-refractivity contribution is 0.0620. The molecule has 1 aliphatic rings. The summed E-state index contributed by atoms with van der Waals surface area (Å²) in [5.41, 5.74) is 3.77. The van der Waals surface area contributed by atoms with E-state index in [-0.39, 0.29) is 5.91 Å². The van der Waals surface area contributed by atoms with Gasteiger partial charge in [-0.15, -0.1) is 0 Å². The number of carbonyl (C=O) groups excluding carboxylic acids is 1. The number of carbonyl (C=O) groups is 1. The van der Waals surface area contributed by atoms with Gasteiger partial charge in [-0.2, -0.15) is 0 Å². The van der Waals surface area contributed by atoms with E-state index < -0.39 is 0 Å². The monoisotopic (exact) mass is 348 g/mol. The molecular formula is C21H24N4O. The number of imidazole rings is 1. The molecule has 0 N–H and O–H groups in total. The number of amides is 1. The molecule has 1 aromatic carbocycles. The van der Waals surface area contributed by atoms with Gasteiger partial charge < -0.3 is 4.90 Å². The molecule has 3 aromatic rings. The fourth-order valence-electron chi connectivity index (χ4n) is 3.62. The predicted molar refractivity (Wildman–Crippen MR) is 102 cm³/mol. The van der Waals surface area contributed by atoms with Crippen molar-refractivity contribution in [1.29, 1.82) is 0 Å². The van der Waals surface area contributed by atoms with Gasteiger partial charge in [-0.3, -0.25) is 14.1 Å². The Labute approximate surface area is 153 Å². The lowest BCUT2D eigenvalue weighted by atomic mass is 10.2. The molecule has 0 unspecified atom stereocenters. The number of hydrogen-bond acceptors (Lipinski definition) is 3. The average Bonchev–Trinajstić information content (AvgIpc) is 3.07. The van der Waals surface area contributed by atoms with Crippen molar-refractivity contribution in [2.45, 2.75) is 19.9 Å². The lowest BCUT2D eigenvalue weighted by Crippen LogP contribution is -2.48. The number of aromatic nitrogens is 2. The highest BCUT2D eigenvalue weighted by Crippen LogP contribution is 2.17. The van der Waals surface area contributed by atoms with E-state index in [4.69, 9.17) is 0 Å². The van der Waals surface area contributed by atoms with Crippen LogP contribution in [-0.4, -0.2) is 51.3 Å². The molecule has 1 amide bonds. The Bertz CT molecular complexity index is 895. The SMILES string of the molecule is CCc1nc2ccccn2c1C(=O)N1CCN(Cc2ccccc2)CC1. The number of benzene rings is 1. The summed E-state index contributed by atoms with van der Waals surface area (Å²) < 4.78 is 1.93. The van der Waals surface area contributed by atoms with Gasteiger partial charge in [0.1, 0.15) is 11.3 Å². The zero-order valence-corrected chi connectivity index (χ0v) is 15.1. The first-order chi connectivity index (χ1) is 12.8. The molecule has 0 radical (unpaired) electrons. The van der Waals surface area contributed by atoms with Crippen molar-refractivity contribution >= 4 is 11.6 Å². The second-order valence-electron chi connectivity index (χ2n) is 6.74. The first kappa shape index (κ1) is 16.8. The van der Waals surface area contributed by atoms with Crippen molar-refractivity contribution in [1.82, 2.24) is 19.2 Å². The van der Waals surface area contributed by atoms with Gasteiger partial charge in [0, 0.05) is 38.9 Å². The molecule has 134 valence electrons. The maximum atomic E-state index is 13.2. The van der Waals surface area contributed by atoms with Crippen molar-refractivity contribution in [3.63, 3.8) is 0 Å². The van der Waals surface area contributed by atoms with Crippen LogP contribution < -0.4 is 0 Å². The Hall–Kier alpha value is -2.66. The van der Waals surface area contributed by atoms with Crippen LogP contribution in [0.5, 0.6) is 0 Å². The number of piperazine rings is 1. The molecule has 5 heteroatoms. The Morgan fingerprint density at radius 3 is 2.46 bits per heavy atom. The van der Waals surface area contributed by atoms with Crippen LogP contribution in [0.1, 0.15) is 28.7 Å². The quantitative estimate of drug-likeness (QED) is 0.728. The molecule has 0 aliphatic carbocycles. The maximum absolute atomic E-state index is 13.2. The van der Waals surface area contributed by atoms with E-state index in [1.807, 2.05) is 39.8 Å². The van der Waals surface area contributed by atoms with Gasteiger partial charge in [0.2, 0.25) is 0 Å². The summed E-state index contributed by atoms with van der Waals surface area (Å²) in [6, 6.07) is 16.4. The van der Waals surface area contributed by atoms with Crippen LogP contribution in [-0.2, 0) is 13.0 Å². The number of hydrogen-bond donors (Lipinski definition) is 0. The molecule has 5 nitrogen and oxygen atoms in total. The van der Waals surface area contributed by atoms with Crippen LogP contribution in [0.25, 0.3) is 5.65 Å². The molecule has 1 saturated heterocycles.